The molecule has 3 N–H and O–H groups in total. The van der Waals surface area contributed by atoms with E-state index in [1.54, 1.807) is 34.1 Å². The van der Waals surface area contributed by atoms with E-state index < -0.39 is 12.3 Å². The molecule has 0 atom stereocenters. The van der Waals surface area contributed by atoms with E-state index in [0.29, 0.717) is 24.3 Å². The number of aryl methyl sites for hydroxylation is 2. The maximum absolute atomic E-state index is 13.3. The Morgan fingerprint density at radius 3 is 2.48 bits per heavy atom. The normalized spacial score (nSPS) is 16.1. The Balaban J connectivity index is 1.39. The summed E-state index contributed by atoms with van der Waals surface area (Å²) < 4.78 is 45.2. The third-order valence-corrected chi connectivity index (χ3v) is 7.08. The summed E-state index contributed by atoms with van der Waals surface area (Å²) in [6, 6.07) is 9.39. The lowest BCUT2D eigenvalue weighted by Gasteiger charge is -2.34. The molecule has 2 aromatic carbocycles. The molecule has 212 valence electrons. The quantitative estimate of drug-likeness (QED) is 0.423. The van der Waals surface area contributed by atoms with Crippen LogP contribution in [0.5, 0.6) is 5.75 Å². The molecule has 1 saturated heterocycles. The van der Waals surface area contributed by atoms with Crippen LogP contribution in [0.25, 0.3) is 5.70 Å². The number of nitrogens with one attached hydrogen (secondary N) is 3. The molecule has 13 heteroatoms. The van der Waals surface area contributed by atoms with Crippen molar-refractivity contribution in [1.82, 2.24) is 25.6 Å². The third kappa shape index (κ3) is 6.00. The molecule has 0 unspecified atom stereocenters. The highest BCUT2D eigenvalue weighted by Crippen LogP contribution is 2.32. The number of rotatable bonds is 6. The van der Waals surface area contributed by atoms with Gasteiger partial charge in [-0.15, -0.1) is 18.7 Å². The van der Waals surface area contributed by atoms with Gasteiger partial charge in [-0.05, 0) is 44.7 Å². The van der Waals surface area contributed by atoms with Crippen molar-refractivity contribution in [2.24, 2.45) is 7.05 Å². The highest BCUT2D eigenvalue weighted by Gasteiger charge is 2.32. The maximum atomic E-state index is 13.3. The van der Waals surface area contributed by atoms with Crippen molar-refractivity contribution in [3.63, 3.8) is 0 Å². The molecule has 0 saturated carbocycles. The van der Waals surface area contributed by atoms with Gasteiger partial charge in [-0.1, -0.05) is 6.07 Å². The molecule has 40 heavy (non-hydrogen) atoms. The van der Waals surface area contributed by atoms with Crippen LogP contribution in [0.2, 0.25) is 0 Å². The van der Waals surface area contributed by atoms with Crippen LogP contribution in [0.3, 0.4) is 0 Å². The van der Waals surface area contributed by atoms with Crippen LogP contribution in [0, 0.1) is 13.8 Å². The number of likely N-dealkylation sites (N-methyl/N-ethyl adjacent to an activating group) is 1. The summed E-state index contributed by atoms with van der Waals surface area (Å²) in [4.78, 5) is 17.4. The summed E-state index contributed by atoms with van der Waals surface area (Å²) in [5, 5.41) is 8.79. The zero-order chi connectivity index (χ0) is 28.6. The largest absolute Gasteiger partial charge is 0.573 e. The van der Waals surface area contributed by atoms with Crippen molar-refractivity contribution in [3.8, 4) is 5.75 Å². The van der Waals surface area contributed by atoms with Crippen molar-refractivity contribution in [2.75, 3.05) is 48.5 Å². The fourth-order valence-electron chi connectivity index (χ4n) is 4.65. The summed E-state index contributed by atoms with van der Waals surface area (Å²) in [7, 11) is 3.86. The van der Waals surface area contributed by atoms with Crippen LogP contribution in [0.4, 0.5) is 30.2 Å². The van der Waals surface area contributed by atoms with Crippen LogP contribution in [0.15, 0.2) is 48.8 Å². The minimum atomic E-state index is -4.86. The van der Waals surface area contributed by atoms with Gasteiger partial charge in [0, 0.05) is 79.8 Å². The van der Waals surface area contributed by atoms with Gasteiger partial charge in [-0.25, -0.2) is 0 Å². The first-order valence-electron chi connectivity index (χ1n) is 12.7. The number of anilines is 3. The van der Waals surface area contributed by atoms with Gasteiger partial charge < -0.3 is 25.3 Å². The van der Waals surface area contributed by atoms with Gasteiger partial charge in [0.15, 0.2) is 0 Å². The van der Waals surface area contributed by atoms with Crippen molar-refractivity contribution in [1.29, 1.82) is 0 Å². The summed E-state index contributed by atoms with van der Waals surface area (Å²) >= 11 is 0. The van der Waals surface area contributed by atoms with E-state index >= 15 is 0 Å². The summed E-state index contributed by atoms with van der Waals surface area (Å²) in [6.45, 7) is 6.72. The number of hydrazine groups is 2. The van der Waals surface area contributed by atoms with Crippen molar-refractivity contribution < 1.29 is 22.7 Å². The number of hydrogen-bond acceptors (Lipinski definition) is 8. The van der Waals surface area contributed by atoms with Gasteiger partial charge in [-0.2, -0.15) is 5.10 Å². The Labute approximate surface area is 229 Å². The number of carbonyl (C=O) groups excluding carboxylic acids is 1. The highest BCUT2D eigenvalue weighted by atomic mass is 19.4. The van der Waals surface area contributed by atoms with E-state index in [9.17, 15) is 18.0 Å². The topological polar surface area (TPSA) is 89.9 Å². The number of alkyl halides is 3. The zero-order valence-electron chi connectivity index (χ0n) is 22.6. The Kier molecular flexibility index (Phi) is 7.34. The number of ether oxygens (including phenoxy) is 1. The number of hydrogen-bond donors (Lipinski definition) is 3. The Morgan fingerprint density at radius 1 is 1.05 bits per heavy atom. The van der Waals surface area contributed by atoms with Crippen LogP contribution in [-0.4, -0.2) is 60.2 Å². The van der Waals surface area contributed by atoms with Gasteiger partial charge in [0.2, 0.25) is 0 Å². The number of amides is 1. The number of aromatic nitrogens is 2. The fraction of sp³-hybridized carbons (Fsp3) is 0.333. The monoisotopic (exact) mass is 556 g/mol. The number of halogens is 3. The van der Waals surface area contributed by atoms with Gasteiger partial charge in [0.1, 0.15) is 5.75 Å². The molecule has 2 aliphatic heterocycles. The predicted octanol–water partition coefficient (Wildman–Crippen LogP) is 3.77. The average Bonchev–Trinajstić information content (AvgIpc) is 3.50. The smallest absolute Gasteiger partial charge is 0.406 e. The minimum absolute atomic E-state index is 0.206. The zero-order valence-corrected chi connectivity index (χ0v) is 22.6. The number of benzene rings is 2. The molecule has 1 fully saturated rings. The molecule has 3 aromatic rings. The second kappa shape index (κ2) is 10.7. The van der Waals surface area contributed by atoms with Crippen LogP contribution >= 0.6 is 0 Å². The molecule has 0 spiro atoms. The van der Waals surface area contributed by atoms with E-state index in [2.05, 4.69) is 31.0 Å². The second-order valence-electron chi connectivity index (χ2n) is 9.93. The minimum Gasteiger partial charge on any atom is -0.406 e. The SMILES string of the molecule is Cc1ccc(C(=O)Nc2cc(OC(F)(F)F)cc(N3CCN(C)CC3)c2)cc1N1C=C(c2cnn(C)c2C)NN1. The molecule has 3 heterocycles. The molecule has 0 aliphatic carbocycles. The molecule has 1 amide bonds. The van der Waals surface area contributed by atoms with E-state index in [4.69, 9.17) is 0 Å². The second-order valence-corrected chi connectivity index (χ2v) is 9.93. The number of piperazine rings is 1. The molecule has 10 nitrogen and oxygen atoms in total. The lowest BCUT2D eigenvalue weighted by atomic mass is 10.1. The first-order chi connectivity index (χ1) is 19.0. The molecule has 0 radical (unpaired) electrons. The van der Waals surface area contributed by atoms with Gasteiger partial charge in [-0.3, -0.25) is 14.5 Å². The van der Waals surface area contributed by atoms with E-state index in [1.165, 1.54) is 12.1 Å². The average molecular weight is 557 g/mol. The Bertz CT molecular complexity index is 1440. The number of carbonyl (C=O) groups is 1. The predicted molar refractivity (Wildman–Crippen MR) is 147 cm³/mol. The summed E-state index contributed by atoms with van der Waals surface area (Å²) in [6.07, 6.45) is -1.22. The highest BCUT2D eigenvalue weighted by molar-refractivity contribution is 6.05. The molecular formula is C27H31F3N8O2. The van der Waals surface area contributed by atoms with Crippen LogP contribution in [-0.2, 0) is 7.05 Å². The van der Waals surface area contributed by atoms with Crippen LogP contribution < -0.4 is 30.9 Å². The number of nitrogens with zero attached hydrogens (tertiary/aromatic N) is 5. The van der Waals surface area contributed by atoms with Crippen LogP contribution in [0.1, 0.15) is 27.2 Å². The molecule has 5 rings (SSSR count). The summed E-state index contributed by atoms with van der Waals surface area (Å²) in [5.41, 5.74) is 11.7. The molecule has 1 aromatic heterocycles. The fourth-order valence-corrected chi connectivity index (χ4v) is 4.65. The molecule has 2 aliphatic rings. The van der Waals surface area contributed by atoms with E-state index in [0.717, 1.165) is 41.3 Å². The van der Waals surface area contributed by atoms with Crippen molar-refractivity contribution >= 4 is 28.7 Å². The maximum Gasteiger partial charge on any atom is 0.573 e. The Hall–Kier alpha value is -4.23. The third-order valence-electron chi connectivity index (χ3n) is 7.08. The standard InChI is InChI=1S/C27H31F3N8O2/c1-17-5-6-19(11-25(17)38-16-24(33-34-38)23-15-31-36(4)18(23)2)26(39)32-20-12-21(37-9-7-35(3)8-10-37)14-22(13-20)40-27(28,29)30/h5-6,11-16,33-34H,7-10H2,1-4H3,(H,32,39). The van der Waals surface area contributed by atoms with Crippen molar-refractivity contribution in [3.05, 3.63) is 71.2 Å². The lowest BCUT2D eigenvalue weighted by molar-refractivity contribution is -0.274. The van der Waals surface area contributed by atoms with Gasteiger partial charge >= 0.3 is 6.36 Å². The lowest BCUT2D eigenvalue weighted by Crippen LogP contribution is -2.44. The summed E-state index contributed by atoms with van der Waals surface area (Å²) in [5.74, 6) is -0.853. The van der Waals surface area contributed by atoms with Gasteiger partial charge in [0.05, 0.1) is 17.6 Å². The Morgan fingerprint density at radius 2 is 1.80 bits per heavy atom. The molecular weight excluding hydrogens is 525 g/mol. The van der Waals surface area contributed by atoms with Crippen molar-refractivity contribution in [2.45, 2.75) is 20.2 Å². The molecule has 0 bridgehead atoms. The first kappa shape index (κ1) is 27.3. The van der Waals surface area contributed by atoms with Gasteiger partial charge in [0.25, 0.3) is 5.91 Å². The first-order valence-corrected chi connectivity index (χ1v) is 12.7. The van der Waals surface area contributed by atoms with E-state index in [1.807, 2.05) is 45.1 Å². The van der Waals surface area contributed by atoms with E-state index in [-0.39, 0.29) is 11.4 Å².